The Bertz CT molecular complexity index is 1550. The number of rotatable bonds is 9. The van der Waals surface area contributed by atoms with E-state index < -0.39 is 5.97 Å². The zero-order valence-corrected chi connectivity index (χ0v) is 23.1. The van der Waals surface area contributed by atoms with Crippen molar-refractivity contribution in [1.82, 2.24) is 15.2 Å². The van der Waals surface area contributed by atoms with Gasteiger partial charge in [0.1, 0.15) is 17.6 Å². The topological polar surface area (TPSA) is 108 Å². The van der Waals surface area contributed by atoms with Crippen molar-refractivity contribution in [2.75, 3.05) is 11.9 Å². The molecule has 2 aromatic heterocycles. The molecule has 9 heteroatoms. The number of thiocarbonyl (C=S) groups is 1. The van der Waals surface area contributed by atoms with Crippen molar-refractivity contribution in [1.29, 1.82) is 0 Å². The van der Waals surface area contributed by atoms with Gasteiger partial charge in [0.15, 0.2) is 5.11 Å². The number of hydrogen-bond acceptors (Lipinski definition) is 5. The monoisotopic (exact) mass is 554 g/mol. The summed E-state index contributed by atoms with van der Waals surface area (Å²) < 4.78 is 6.38. The Kier molecular flexibility index (Phi) is 7.93. The largest absolute Gasteiger partial charge is 0.478 e. The van der Waals surface area contributed by atoms with Gasteiger partial charge in [-0.3, -0.25) is 9.78 Å². The molecular weight excluding hydrogens is 524 g/mol. The van der Waals surface area contributed by atoms with Crippen LogP contribution in [-0.2, 0) is 11.2 Å². The Morgan fingerprint density at radius 1 is 1.10 bits per heavy atom. The SMILES string of the molecule is CCc1ccccc1NC(=O)CCN1C(=S)N[C@@H](c2ccccn2)[C@@H]1c1ccc(-c2ccc(C(=O)O)cc2C)o1. The second-order valence-electron chi connectivity index (χ2n) is 9.67. The first-order chi connectivity index (χ1) is 19.4. The van der Waals surface area contributed by atoms with Crippen LogP contribution in [0.25, 0.3) is 11.3 Å². The molecule has 40 heavy (non-hydrogen) atoms. The van der Waals surface area contributed by atoms with Crippen LogP contribution in [0.15, 0.2) is 83.4 Å². The van der Waals surface area contributed by atoms with Crippen molar-refractivity contribution in [3.8, 4) is 11.3 Å². The predicted molar refractivity (Wildman–Crippen MR) is 157 cm³/mol. The number of pyridine rings is 1. The molecule has 204 valence electrons. The van der Waals surface area contributed by atoms with Crippen LogP contribution in [0.1, 0.15) is 58.4 Å². The van der Waals surface area contributed by atoms with Crippen molar-refractivity contribution in [3.05, 3.63) is 107 Å². The van der Waals surface area contributed by atoms with Crippen LogP contribution >= 0.6 is 12.2 Å². The average Bonchev–Trinajstić information content (AvgIpc) is 3.56. The normalized spacial score (nSPS) is 16.6. The molecule has 3 N–H and O–H groups in total. The standard InChI is InChI=1S/C31H30N4O4S/c1-3-20-8-4-5-9-23(20)33-27(36)15-17-35-29(28(34-31(35)40)24-10-6-7-16-32-24)26-14-13-25(39-26)22-12-11-21(30(37)38)18-19(22)2/h4-14,16,18,28-29H,3,15,17H2,1-2H3,(H,33,36)(H,34,40)(H,37,38)/t28-,29-/m0/s1. The van der Waals surface area contributed by atoms with Gasteiger partial charge in [-0.1, -0.05) is 37.3 Å². The number of anilines is 1. The average molecular weight is 555 g/mol. The first-order valence-corrected chi connectivity index (χ1v) is 13.6. The fourth-order valence-electron chi connectivity index (χ4n) is 5.07. The van der Waals surface area contributed by atoms with E-state index in [1.165, 1.54) is 0 Å². The zero-order chi connectivity index (χ0) is 28.2. The molecule has 0 saturated carbocycles. The number of aromatic nitrogens is 1. The number of nitrogens with one attached hydrogen (secondary N) is 2. The minimum atomic E-state index is -0.976. The number of aromatic carboxylic acids is 1. The van der Waals surface area contributed by atoms with Crippen molar-refractivity contribution in [3.63, 3.8) is 0 Å². The summed E-state index contributed by atoms with van der Waals surface area (Å²) in [6, 6.07) is 21.6. The molecule has 0 radical (unpaired) electrons. The Hall–Kier alpha value is -4.50. The number of carbonyl (C=O) groups is 2. The van der Waals surface area contributed by atoms with Gasteiger partial charge in [-0.05, 0) is 79.2 Å². The summed E-state index contributed by atoms with van der Waals surface area (Å²) in [5, 5.41) is 16.3. The number of carboxylic acids is 1. The van der Waals surface area contributed by atoms with Gasteiger partial charge in [0.25, 0.3) is 0 Å². The molecule has 0 aliphatic carbocycles. The van der Waals surface area contributed by atoms with Gasteiger partial charge < -0.3 is 25.1 Å². The van der Waals surface area contributed by atoms with Gasteiger partial charge in [0.05, 0.1) is 17.3 Å². The third-order valence-electron chi connectivity index (χ3n) is 7.11. The third kappa shape index (κ3) is 5.60. The molecule has 8 nitrogen and oxygen atoms in total. The molecule has 4 aromatic rings. The summed E-state index contributed by atoms with van der Waals surface area (Å²) in [7, 11) is 0. The van der Waals surface area contributed by atoms with Crippen molar-refractivity contribution < 1.29 is 19.1 Å². The lowest BCUT2D eigenvalue weighted by Gasteiger charge is -2.26. The van der Waals surface area contributed by atoms with Crippen LogP contribution in [0.2, 0.25) is 0 Å². The van der Waals surface area contributed by atoms with Gasteiger partial charge in [-0.25, -0.2) is 4.79 Å². The Morgan fingerprint density at radius 2 is 1.90 bits per heavy atom. The highest BCUT2D eigenvalue weighted by Gasteiger charge is 2.41. The van der Waals surface area contributed by atoms with E-state index in [4.69, 9.17) is 16.6 Å². The predicted octanol–water partition coefficient (Wildman–Crippen LogP) is 5.91. The van der Waals surface area contributed by atoms with Crippen LogP contribution in [0.3, 0.4) is 0 Å². The number of aryl methyl sites for hydroxylation is 2. The van der Waals surface area contributed by atoms with Crippen LogP contribution in [0.5, 0.6) is 0 Å². The fraction of sp³-hybridized carbons (Fsp3) is 0.226. The Balaban J connectivity index is 1.41. The molecule has 2 aromatic carbocycles. The number of furan rings is 1. The maximum absolute atomic E-state index is 13.0. The highest BCUT2D eigenvalue weighted by molar-refractivity contribution is 7.80. The molecular formula is C31H30N4O4S. The molecule has 1 amide bonds. The molecule has 2 atom stereocenters. The van der Waals surface area contributed by atoms with E-state index in [-0.39, 0.29) is 30.0 Å². The number of carbonyl (C=O) groups excluding carboxylic acids is 1. The molecule has 0 spiro atoms. The quantitative estimate of drug-likeness (QED) is 0.219. The molecule has 1 aliphatic heterocycles. The highest BCUT2D eigenvalue weighted by Crippen LogP contribution is 2.41. The zero-order valence-electron chi connectivity index (χ0n) is 22.3. The van der Waals surface area contributed by atoms with Gasteiger partial charge in [0.2, 0.25) is 5.91 Å². The lowest BCUT2D eigenvalue weighted by atomic mass is 10.0. The first kappa shape index (κ1) is 27.1. The van der Waals surface area contributed by atoms with E-state index in [0.29, 0.717) is 23.2 Å². The minimum Gasteiger partial charge on any atom is -0.478 e. The summed E-state index contributed by atoms with van der Waals surface area (Å²) in [5.74, 6) is 0.210. The molecule has 0 bridgehead atoms. The fourth-order valence-corrected chi connectivity index (χ4v) is 5.40. The highest BCUT2D eigenvalue weighted by atomic mass is 32.1. The van der Waals surface area contributed by atoms with Crippen molar-refractivity contribution >= 4 is 34.9 Å². The number of hydrogen-bond donors (Lipinski definition) is 3. The number of benzene rings is 2. The summed E-state index contributed by atoms with van der Waals surface area (Å²) in [4.78, 5) is 30.9. The molecule has 5 rings (SSSR count). The van der Waals surface area contributed by atoms with Gasteiger partial charge in [0, 0.05) is 30.4 Å². The lowest BCUT2D eigenvalue weighted by Crippen LogP contribution is -2.32. The first-order valence-electron chi connectivity index (χ1n) is 13.2. The molecule has 3 heterocycles. The summed E-state index contributed by atoms with van der Waals surface area (Å²) in [6.45, 7) is 4.29. The van der Waals surface area contributed by atoms with Crippen LogP contribution < -0.4 is 10.6 Å². The third-order valence-corrected chi connectivity index (χ3v) is 7.46. The number of carboxylic acid groups (broad SMARTS) is 1. The van der Waals surface area contributed by atoms with Crippen LogP contribution in [0.4, 0.5) is 5.69 Å². The maximum atomic E-state index is 13.0. The van der Waals surface area contributed by atoms with Gasteiger partial charge in [-0.2, -0.15) is 0 Å². The van der Waals surface area contributed by atoms with E-state index in [1.807, 2.05) is 66.4 Å². The molecule has 1 aliphatic rings. The van der Waals surface area contributed by atoms with Crippen molar-refractivity contribution in [2.45, 2.75) is 38.8 Å². The van der Waals surface area contributed by atoms with E-state index in [2.05, 4.69) is 22.5 Å². The second-order valence-corrected chi connectivity index (χ2v) is 10.1. The molecule has 1 saturated heterocycles. The summed E-state index contributed by atoms with van der Waals surface area (Å²) in [6.07, 6.45) is 2.79. The maximum Gasteiger partial charge on any atom is 0.335 e. The van der Waals surface area contributed by atoms with Crippen LogP contribution in [-0.4, -0.2) is 38.5 Å². The lowest BCUT2D eigenvalue weighted by molar-refractivity contribution is -0.116. The number of amides is 1. The van der Waals surface area contributed by atoms with Gasteiger partial charge >= 0.3 is 5.97 Å². The van der Waals surface area contributed by atoms with E-state index >= 15 is 0 Å². The Morgan fingerprint density at radius 3 is 2.62 bits per heavy atom. The Labute approximate surface area is 238 Å². The molecule has 1 fully saturated rings. The van der Waals surface area contributed by atoms with E-state index in [1.54, 1.807) is 24.4 Å². The van der Waals surface area contributed by atoms with Crippen molar-refractivity contribution in [2.24, 2.45) is 0 Å². The minimum absolute atomic E-state index is 0.0991. The van der Waals surface area contributed by atoms with E-state index in [9.17, 15) is 14.7 Å². The van der Waals surface area contributed by atoms with Crippen LogP contribution in [0, 0.1) is 6.92 Å². The number of para-hydroxylation sites is 1. The smallest absolute Gasteiger partial charge is 0.335 e. The summed E-state index contributed by atoms with van der Waals surface area (Å²) >= 11 is 5.73. The second kappa shape index (κ2) is 11.7. The summed E-state index contributed by atoms with van der Waals surface area (Å²) in [5.41, 5.74) is 4.53. The molecule has 0 unspecified atom stereocenters. The van der Waals surface area contributed by atoms with E-state index in [0.717, 1.165) is 34.5 Å². The number of nitrogens with zero attached hydrogens (tertiary/aromatic N) is 2. The van der Waals surface area contributed by atoms with Gasteiger partial charge in [-0.15, -0.1) is 0 Å².